The van der Waals surface area contributed by atoms with Crippen LogP contribution in [0.15, 0.2) is 35.1 Å². The number of methoxy groups -OCH3 is 1. The molecule has 0 bridgehead atoms. The number of benzene rings is 1. The summed E-state index contributed by atoms with van der Waals surface area (Å²) in [7, 11) is 1.61. The van der Waals surface area contributed by atoms with Gasteiger partial charge in [0.05, 0.1) is 13.7 Å². The molecule has 0 saturated carbocycles. The van der Waals surface area contributed by atoms with Gasteiger partial charge in [-0.2, -0.15) is 4.52 Å². The van der Waals surface area contributed by atoms with E-state index in [2.05, 4.69) is 15.4 Å². The van der Waals surface area contributed by atoms with Gasteiger partial charge in [0.2, 0.25) is 10.1 Å². The van der Waals surface area contributed by atoms with Gasteiger partial charge in [-0.3, -0.25) is 4.79 Å². The second-order valence-corrected chi connectivity index (χ2v) is 5.72. The highest BCUT2D eigenvalue weighted by atomic mass is 32.1. The molecule has 2 heterocycles. The molecule has 0 amide bonds. The van der Waals surface area contributed by atoms with Crippen LogP contribution < -0.4 is 20.3 Å². The Hall–Kier alpha value is -2.61. The van der Waals surface area contributed by atoms with E-state index in [9.17, 15) is 4.79 Å². The molecule has 0 atom stereocenters. The van der Waals surface area contributed by atoms with Crippen molar-refractivity contribution in [2.75, 3.05) is 25.6 Å². The maximum atomic E-state index is 11.8. The molecule has 0 radical (unpaired) electrons. The van der Waals surface area contributed by atoms with Crippen LogP contribution in [-0.4, -0.2) is 34.9 Å². The van der Waals surface area contributed by atoms with E-state index in [1.54, 1.807) is 14.0 Å². The lowest BCUT2D eigenvalue weighted by Gasteiger charge is -2.10. The topological polar surface area (TPSA) is 77.8 Å². The zero-order valence-corrected chi connectivity index (χ0v) is 13.6. The van der Waals surface area contributed by atoms with Gasteiger partial charge in [0, 0.05) is 11.8 Å². The SMILES string of the molecule is COc1ccccc1OCCNc1nn2c(=O)cc(C)nc2s1. The number of aryl methyl sites for hydroxylation is 1. The lowest BCUT2D eigenvalue weighted by molar-refractivity contribution is 0.306. The average Bonchev–Trinajstić information content (AvgIpc) is 2.95. The van der Waals surface area contributed by atoms with E-state index in [1.165, 1.54) is 21.9 Å². The summed E-state index contributed by atoms with van der Waals surface area (Å²) in [6.45, 7) is 2.78. The van der Waals surface area contributed by atoms with E-state index in [4.69, 9.17) is 9.47 Å². The van der Waals surface area contributed by atoms with E-state index in [0.29, 0.717) is 40.4 Å². The molecular weight excluding hydrogens is 316 g/mol. The Morgan fingerprint density at radius 2 is 2.09 bits per heavy atom. The van der Waals surface area contributed by atoms with Crippen molar-refractivity contribution in [1.29, 1.82) is 0 Å². The summed E-state index contributed by atoms with van der Waals surface area (Å²) >= 11 is 1.33. The summed E-state index contributed by atoms with van der Waals surface area (Å²) in [5.41, 5.74) is 0.506. The first-order valence-corrected chi connectivity index (χ1v) is 7.86. The minimum Gasteiger partial charge on any atom is -0.493 e. The number of para-hydroxylation sites is 2. The number of fused-ring (bicyclic) bond motifs is 1. The summed E-state index contributed by atoms with van der Waals surface area (Å²) in [5.74, 6) is 1.38. The minimum atomic E-state index is -0.179. The van der Waals surface area contributed by atoms with Crippen LogP contribution in [0.3, 0.4) is 0 Å². The number of ether oxygens (including phenoxy) is 2. The van der Waals surface area contributed by atoms with Crippen LogP contribution in [0.4, 0.5) is 5.13 Å². The van der Waals surface area contributed by atoms with Crippen LogP contribution in [0.1, 0.15) is 5.69 Å². The van der Waals surface area contributed by atoms with Crippen molar-refractivity contribution in [1.82, 2.24) is 14.6 Å². The molecule has 23 heavy (non-hydrogen) atoms. The molecule has 2 aromatic heterocycles. The Kier molecular flexibility index (Phi) is 4.42. The molecule has 1 N–H and O–H groups in total. The highest BCUT2D eigenvalue weighted by Crippen LogP contribution is 2.25. The quantitative estimate of drug-likeness (QED) is 0.695. The fourth-order valence-corrected chi connectivity index (χ4v) is 2.93. The lowest BCUT2D eigenvalue weighted by atomic mass is 10.3. The second kappa shape index (κ2) is 6.66. The second-order valence-electron chi connectivity index (χ2n) is 4.76. The highest BCUT2D eigenvalue weighted by molar-refractivity contribution is 7.20. The molecule has 8 heteroatoms. The van der Waals surface area contributed by atoms with E-state index >= 15 is 0 Å². The van der Waals surface area contributed by atoms with Gasteiger partial charge >= 0.3 is 0 Å². The van der Waals surface area contributed by atoms with Crippen LogP contribution in [0.2, 0.25) is 0 Å². The zero-order valence-electron chi connectivity index (χ0n) is 12.8. The van der Waals surface area contributed by atoms with Crippen LogP contribution >= 0.6 is 11.3 Å². The molecule has 0 saturated heterocycles. The van der Waals surface area contributed by atoms with Gasteiger partial charge < -0.3 is 14.8 Å². The third-order valence-electron chi connectivity index (χ3n) is 3.08. The summed E-state index contributed by atoms with van der Waals surface area (Å²) in [6, 6.07) is 8.93. The number of hydrogen-bond donors (Lipinski definition) is 1. The largest absolute Gasteiger partial charge is 0.493 e. The number of rotatable bonds is 6. The predicted molar refractivity (Wildman–Crippen MR) is 88.8 cm³/mol. The van der Waals surface area contributed by atoms with E-state index < -0.39 is 0 Å². The van der Waals surface area contributed by atoms with Crippen LogP contribution in [0.25, 0.3) is 4.96 Å². The lowest BCUT2D eigenvalue weighted by Crippen LogP contribution is -2.15. The molecule has 0 aliphatic carbocycles. The van der Waals surface area contributed by atoms with Crippen molar-refractivity contribution in [3.63, 3.8) is 0 Å². The number of nitrogens with zero attached hydrogens (tertiary/aromatic N) is 3. The normalized spacial score (nSPS) is 10.7. The van der Waals surface area contributed by atoms with Gasteiger partial charge in [-0.25, -0.2) is 4.98 Å². The number of anilines is 1. The Morgan fingerprint density at radius 3 is 2.87 bits per heavy atom. The van der Waals surface area contributed by atoms with Crippen molar-refractivity contribution in [2.24, 2.45) is 0 Å². The van der Waals surface area contributed by atoms with Crippen molar-refractivity contribution < 1.29 is 9.47 Å². The number of nitrogens with one attached hydrogen (secondary N) is 1. The molecule has 0 aliphatic rings. The van der Waals surface area contributed by atoms with Gasteiger partial charge in [0.1, 0.15) is 6.61 Å². The van der Waals surface area contributed by atoms with Crippen molar-refractivity contribution in [3.05, 3.63) is 46.4 Å². The van der Waals surface area contributed by atoms with Crippen molar-refractivity contribution >= 4 is 21.4 Å². The Balaban J connectivity index is 1.61. The van der Waals surface area contributed by atoms with Gasteiger partial charge in [-0.1, -0.05) is 23.5 Å². The molecule has 1 aromatic carbocycles. The first-order chi connectivity index (χ1) is 11.2. The zero-order chi connectivity index (χ0) is 16.2. The molecule has 0 unspecified atom stereocenters. The van der Waals surface area contributed by atoms with Gasteiger partial charge in [-0.15, -0.1) is 5.10 Å². The molecule has 0 aliphatic heterocycles. The third-order valence-corrected chi connectivity index (χ3v) is 3.94. The fraction of sp³-hybridized carbons (Fsp3) is 0.267. The molecule has 3 aromatic rings. The van der Waals surface area contributed by atoms with Gasteiger partial charge in [0.15, 0.2) is 11.5 Å². The monoisotopic (exact) mass is 332 g/mol. The summed E-state index contributed by atoms with van der Waals surface area (Å²) < 4.78 is 12.2. The van der Waals surface area contributed by atoms with Gasteiger partial charge in [-0.05, 0) is 19.1 Å². The van der Waals surface area contributed by atoms with Crippen LogP contribution in [0.5, 0.6) is 11.5 Å². The summed E-state index contributed by atoms with van der Waals surface area (Å²) in [6.07, 6.45) is 0. The van der Waals surface area contributed by atoms with Crippen molar-refractivity contribution in [3.8, 4) is 11.5 Å². The molecule has 120 valence electrons. The fourth-order valence-electron chi connectivity index (χ4n) is 2.05. The molecule has 0 spiro atoms. The molecule has 7 nitrogen and oxygen atoms in total. The molecule has 3 rings (SSSR count). The smallest absolute Gasteiger partial charge is 0.275 e. The Bertz CT molecular complexity index is 875. The maximum Gasteiger partial charge on any atom is 0.275 e. The Morgan fingerprint density at radius 1 is 1.30 bits per heavy atom. The minimum absolute atomic E-state index is 0.179. The summed E-state index contributed by atoms with van der Waals surface area (Å²) in [5, 5.41) is 7.96. The number of aromatic nitrogens is 3. The van der Waals surface area contributed by atoms with E-state index in [-0.39, 0.29) is 5.56 Å². The van der Waals surface area contributed by atoms with Crippen LogP contribution in [-0.2, 0) is 0 Å². The maximum absolute atomic E-state index is 11.8. The predicted octanol–water partition coefficient (Wildman–Crippen LogP) is 1.96. The average molecular weight is 332 g/mol. The highest BCUT2D eigenvalue weighted by Gasteiger charge is 2.07. The molecule has 0 fully saturated rings. The number of hydrogen-bond acceptors (Lipinski definition) is 7. The third kappa shape index (κ3) is 3.42. The first-order valence-electron chi connectivity index (χ1n) is 7.04. The van der Waals surface area contributed by atoms with E-state index in [0.717, 1.165) is 0 Å². The Labute approximate surface area is 136 Å². The summed E-state index contributed by atoms with van der Waals surface area (Å²) in [4.78, 5) is 16.7. The molecular formula is C15H16N4O3S. The van der Waals surface area contributed by atoms with Gasteiger partial charge in [0.25, 0.3) is 5.56 Å². The standard InChI is InChI=1S/C15H16N4O3S/c1-10-9-13(20)19-15(17-10)23-14(18-19)16-7-8-22-12-6-4-3-5-11(12)21-2/h3-6,9H,7-8H2,1-2H3,(H,16,18). The van der Waals surface area contributed by atoms with Crippen LogP contribution in [0, 0.1) is 6.92 Å². The first kappa shape index (κ1) is 15.3. The van der Waals surface area contributed by atoms with E-state index in [1.807, 2.05) is 24.3 Å². The van der Waals surface area contributed by atoms with Crippen molar-refractivity contribution in [2.45, 2.75) is 6.92 Å².